The molecule has 0 unspecified atom stereocenters. The zero-order valence-electron chi connectivity index (χ0n) is 11.2. The highest BCUT2D eigenvalue weighted by Crippen LogP contribution is 2.29. The van der Waals surface area contributed by atoms with Crippen molar-refractivity contribution in [3.05, 3.63) is 36.0 Å². The van der Waals surface area contributed by atoms with Gasteiger partial charge in [0.2, 0.25) is 0 Å². The molecular formula is C15H21NO. The third-order valence-electron chi connectivity index (χ3n) is 3.10. The largest absolute Gasteiger partial charge is 0.383 e. The van der Waals surface area contributed by atoms with Gasteiger partial charge in [-0.25, -0.2) is 0 Å². The molecule has 2 heteroatoms. The Labute approximate surface area is 103 Å². The van der Waals surface area contributed by atoms with Gasteiger partial charge in [-0.15, -0.1) is 0 Å². The van der Waals surface area contributed by atoms with E-state index in [1.807, 2.05) is 0 Å². The topological polar surface area (TPSA) is 14.2 Å². The number of aromatic nitrogens is 1. The van der Waals surface area contributed by atoms with Crippen LogP contribution in [0.25, 0.3) is 10.9 Å². The quantitative estimate of drug-likeness (QED) is 0.787. The summed E-state index contributed by atoms with van der Waals surface area (Å²) in [4.78, 5) is 0. The minimum Gasteiger partial charge on any atom is -0.383 e. The van der Waals surface area contributed by atoms with Crippen molar-refractivity contribution in [2.75, 3.05) is 13.7 Å². The van der Waals surface area contributed by atoms with Crippen LogP contribution in [0.3, 0.4) is 0 Å². The van der Waals surface area contributed by atoms with E-state index in [0.29, 0.717) is 0 Å². The van der Waals surface area contributed by atoms with Crippen LogP contribution >= 0.6 is 0 Å². The van der Waals surface area contributed by atoms with E-state index in [4.69, 9.17) is 4.74 Å². The van der Waals surface area contributed by atoms with E-state index in [9.17, 15) is 0 Å². The van der Waals surface area contributed by atoms with Gasteiger partial charge in [0.25, 0.3) is 0 Å². The van der Waals surface area contributed by atoms with Crippen LogP contribution in [-0.4, -0.2) is 18.3 Å². The van der Waals surface area contributed by atoms with Crippen molar-refractivity contribution < 1.29 is 4.74 Å². The van der Waals surface area contributed by atoms with Crippen molar-refractivity contribution in [1.82, 2.24) is 4.57 Å². The van der Waals surface area contributed by atoms with E-state index >= 15 is 0 Å². The molecule has 0 fully saturated rings. The molecule has 0 radical (unpaired) electrons. The number of hydrogen-bond donors (Lipinski definition) is 0. The molecular weight excluding hydrogens is 210 g/mol. The Morgan fingerprint density at radius 3 is 2.53 bits per heavy atom. The lowest BCUT2D eigenvalue weighted by atomic mass is 9.92. The SMILES string of the molecule is COCCn1c(C(C)(C)C)cc2ccccc21. The minimum absolute atomic E-state index is 0.159. The normalized spacial score (nSPS) is 12.2. The summed E-state index contributed by atoms with van der Waals surface area (Å²) in [7, 11) is 1.75. The highest BCUT2D eigenvalue weighted by molar-refractivity contribution is 5.81. The lowest BCUT2D eigenvalue weighted by Crippen LogP contribution is -2.19. The molecule has 92 valence electrons. The number of fused-ring (bicyclic) bond motifs is 1. The second-order valence-corrected chi connectivity index (χ2v) is 5.48. The second kappa shape index (κ2) is 4.53. The number of rotatable bonds is 3. The first-order valence-corrected chi connectivity index (χ1v) is 6.12. The van der Waals surface area contributed by atoms with Crippen LogP contribution in [0.2, 0.25) is 0 Å². The van der Waals surface area contributed by atoms with Gasteiger partial charge < -0.3 is 9.30 Å². The summed E-state index contributed by atoms with van der Waals surface area (Å²) in [6.07, 6.45) is 0. The molecule has 0 bridgehead atoms. The summed E-state index contributed by atoms with van der Waals surface area (Å²) in [6.45, 7) is 8.43. The van der Waals surface area contributed by atoms with Crippen LogP contribution in [0, 0.1) is 0 Å². The standard InChI is InChI=1S/C15H21NO/c1-15(2,3)14-11-12-7-5-6-8-13(12)16(14)9-10-17-4/h5-8,11H,9-10H2,1-4H3. The molecule has 2 aromatic rings. The zero-order chi connectivity index (χ0) is 12.5. The number of hydrogen-bond acceptors (Lipinski definition) is 1. The Morgan fingerprint density at radius 2 is 1.88 bits per heavy atom. The van der Waals surface area contributed by atoms with Crippen LogP contribution < -0.4 is 0 Å². The summed E-state index contributed by atoms with van der Waals surface area (Å²) < 4.78 is 7.58. The predicted molar refractivity (Wildman–Crippen MR) is 72.5 cm³/mol. The number of nitrogens with zero attached hydrogens (tertiary/aromatic N) is 1. The fourth-order valence-electron chi connectivity index (χ4n) is 2.26. The lowest BCUT2D eigenvalue weighted by Gasteiger charge is -2.22. The van der Waals surface area contributed by atoms with E-state index in [1.165, 1.54) is 16.6 Å². The van der Waals surface area contributed by atoms with Crippen molar-refractivity contribution in [1.29, 1.82) is 0 Å². The van der Waals surface area contributed by atoms with Gasteiger partial charge in [0.15, 0.2) is 0 Å². The van der Waals surface area contributed by atoms with E-state index in [1.54, 1.807) is 7.11 Å². The lowest BCUT2D eigenvalue weighted by molar-refractivity contribution is 0.186. The Bertz CT molecular complexity index is 505. The second-order valence-electron chi connectivity index (χ2n) is 5.48. The molecule has 1 aromatic heterocycles. The molecule has 2 nitrogen and oxygen atoms in total. The summed E-state index contributed by atoms with van der Waals surface area (Å²) in [5.41, 5.74) is 2.83. The van der Waals surface area contributed by atoms with Gasteiger partial charge in [0.05, 0.1) is 6.61 Å². The van der Waals surface area contributed by atoms with Gasteiger partial charge in [0.1, 0.15) is 0 Å². The van der Waals surface area contributed by atoms with Crippen molar-refractivity contribution in [3.63, 3.8) is 0 Å². The van der Waals surface area contributed by atoms with Crippen LogP contribution in [0.4, 0.5) is 0 Å². The van der Waals surface area contributed by atoms with Gasteiger partial charge in [0, 0.05) is 30.3 Å². The molecule has 0 aliphatic rings. The molecule has 0 spiro atoms. The monoisotopic (exact) mass is 231 g/mol. The first kappa shape index (κ1) is 12.2. The van der Waals surface area contributed by atoms with Gasteiger partial charge >= 0.3 is 0 Å². The number of methoxy groups -OCH3 is 1. The highest BCUT2D eigenvalue weighted by Gasteiger charge is 2.20. The summed E-state index contributed by atoms with van der Waals surface area (Å²) in [6, 6.07) is 10.8. The number of para-hydroxylation sites is 1. The Kier molecular flexibility index (Phi) is 3.25. The van der Waals surface area contributed by atoms with E-state index in [-0.39, 0.29) is 5.41 Å². The molecule has 0 aliphatic heterocycles. The molecule has 0 N–H and O–H groups in total. The smallest absolute Gasteiger partial charge is 0.0642 e. The van der Waals surface area contributed by atoms with Crippen LogP contribution in [-0.2, 0) is 16.7 Å². The van der Waals surface area contributed by atoms with Gasteiger partial charge in [-0.3, -0.25) is 0 Å². The van der Waals surface area contributed by atoms with Gasteiger partial charge in [-0.2, -0.15) is 0 Å². The van der Waals surface area contributed by atoms with Crippen LogP contribution in [0.15, 0.2) is 30.3 Å². The Morgan fingerprint density at radius 1 is 1.18 bits per heavy atom. The van der Waals surface area contributed by atoms with E-state index in [2.05, 4.69) is 55.7 Å². The number of benzene rings is 1. The summed E-state index contributed by atoms with van der Waals surface area (Å²) >= 11 is 0. The Balaban J connectivity index is 2.57. The molecule has 0 saturated heterocycles. The molecule has 17 heavy (non-hydrogen) atoms. The number of ether oxygens (including phenoxy) is 1. The summed E-state index contributed by atoms with van der Waals surface area (Å²) in [5.74, 6) is 0. The van der Waals surface area contributed by atoms with Crippen molar-refractivity contribution in [2.24, 2.45) is 0 Å². The average molecular weight is 231 g/mol. The molecule has 0 saturated carbocycles. The summed E-state index contributed by atoms with van der Waals surface area (Å²) in [5, 5.41) is 1.31. The molecule has 0 atom stereocenters. The maximum Gasteiger partial charge on any atom is 0.0642 e. The molecule has 1 aromatic carbocycles. The third-order valence-corrected chi connectivity index (χ3v) is 3.10. The van der Waals surface area contributed by atoms with Crippen molar-refractivity contribution in [3.8, 4) is 0 Å². The van der Waals surface area contributed by atoms with Crippen molar-refractivity contribution in [2.45, 2.75) is 32.7 Å². The predicted octanol–water partition coefficient (Wildman–Crippen LogP) is 3.59. The van der Waals surface area contributed by atoms with Crippen LogP contribution in [0.1, 0.15) is 26.5 Å². The van der Waals surface area contributed by atoms with Crippen molar-refractivity contribution >= 4 is 10.9 Å². The fraction of sp³-hybridized carbons (Fsp3) is 0.467. The maximum absolute atomic E-state index is 5.21. The first-order valence-electron chi connectivity index (χ1n) is 6.12. The van der Waals surface area contributed by atoms with Crippen LogP contribution in [0.5, 0.6) is 0 Å². The minimum atomic E-state index is 0.159. The van der Waals surface area contributed by atoms with Gasteiger partial charge in [-0.1, -0.05) is 39.0 Å². The fourth-order valence-corrected chi connectivity index (χ4v) is 2.26. The van der Waals surface area contributed by atoms with E-state index in [0.717, 1.165) is 13.2 Å². The highest BCUT2D eigenvalue weighted by atomic mass is 16.5. The average Bonchev–Trinajstić information content (AvgIpc) is 2.65. The molecule has 1 heterocycles. The zero-order valence-corrected chi connectivity index (χ0v) is 11.2. The molecule has 0 amide bonds. The molecule has 2 rings (SSSR count). The Hall–Kier alpha value is -1.28. The van der Waals surface area contributed by atoms with E-state index < -0.39 is 0 Å². The van der Waals surface area contributed by atoms with Gasteiger partial charge in [-0.05, 0) is 17.5 Å². The maximum atomic E-state index is 5.21. The molecule has 0 aliphatic carbocycles. The third kappa shape index (κ3) is 2.37. The first-order chi connectivity index (χ1) is 8.04.